The first kappa shape index (κ1) is 18.9. The van der Waals surface area contributed by atoms with Crippen LogP contribution < -0.4 is 25.3 Å². The van der Waals surface area contributed by atoms with Gasteiger partial charge in [-0.3, -0.25) is 0 Å². The predicted molar refractivity (Wildman–Crippen MR) is 108 cm³/mol. The van der Waals surface area contributed by atoms with Crippen molar-refractivity contribution < 1.29 is 14.2 Å². The van der Waals surface area contributed by atoms with Crippen LogP contribution in [0.25, 0.3) is 0 Å². The number of benzene rings is 2. The summed E-state index contributed by atoms with van der Waals surface area (Å²) < 4.78 is 16.8. The Bertz CT molecular complexity index is 786. The monoisotopic (exact) mass is 369 g/mol. The minimum atomic E-state index is 0.275. The van der Waals surface area contributed by atoms with Crippen LogP contribution in [0.3, 0.4) is 0 Å². The van der Waals surface area contributed by atoms with Gasteiger partial charge in [0.1, 0.15) is 5.75 Å². The van der Waals surface area contributed by atoms with Gasteiger partial charge in [-0.05, 0) is 55.5 Å². The molecule has 144 valence electrons. The van der Waals surface area contributed by atoms with Crippen LogP contribution in [0.4, 0.5) is 5.69 Å². The smallest absolute Gasteiger partial charge is 0.193 e. The molecule has 2 aromatic rings. The Balaban J connectivity index is 1.65. The van der Waals surface area contributed by atoms with Gasteiger partial charge in [0.15, 0.2) is 17.5 Å². The van der Waals surface area contributed by atoms with Crippen LogP contribution in [0.5, 0.6) is 17.2 Å². The molecular weight excluding hydrogens is 342 g/mol. The Kier molecular flexibility index (Phi) is 6.41. The van der Waals surface area contributed by atoms with Gasteiger partial charge in [-0.1, -0.05) is 12.1 Å². The van der Waals surface area contributed by atoms with Crippen molar-refractivity contribution in [3.05, 3.63) is 48.0 Å². The van der Waals surface area contributed by atoms with E-state index in [4.69, 9.17) is 19.9 Å². The standard InChI is InChI=1S/C21H27N3O3/c1-25-18-9-5-6-16(13-18)24-21(22)23-14-15-10-11-19(26-2)20(12-15)27-17-7-3-4-8-17/h5-6,9-13,17H,3-4,7-8,14H2,1-2H3,(H3,22,23,24). The number of methoxy groups -OCH3 is 2. The second kappa shape index (κ2) is 9.16. The fraction of sp³-hybridized carbons (Fsp3) is 0.381. The molecule has 27 heavy (non-hydrogen) atoms. The third-order valence-corrected chi connectivity index (χ3v) is 4.60. The lowest BCUT2D eigenvalue weighted by Gasteiger charge is -2.16. The van der Waals surface area contributed by atoms with Crippen molar-refractivity contribution >= 4 is 11.6 Å². The van der Waals surface area contributed by atoms with Crippen LogP contribution in [0.1, 0.15) is 31.2 Å². The van der Waals surface area contributed by atoms with Crippen molar-refractivity contribution in [1.82, 2.24) is 0 Å². The van der Waals surface area contributed by atoms with E-state index in [1.807, 2.05) is 42.5 Å². The maximum Gasteiger partial charge on any atom is 0.193 e. The molecule has 2 aromatic carbocycles. The van der Waals surface area contributed by atoms with E-state index in [-0.39, 0.29) is 6.10 Å². The summed E-state index contributed by atoms with van der Waals surface area (Å²) in [6.07, 6.45) is 4.93. The van der Waals surface area contributed by atoms with E-state index in [1.54, 1.807) is 14.2 Å². The minimum absolute atomic E-state index is 0.275. The molecule has 3 N–H and O–H groups in total. The molecule has 0 heterocycles. The van der Waals surface area contributed by atoms with Crippen LogP contribution in [0.15, 0.2) is 47.5 Å². The van der Waals surface area contributed by atoms with Crippen molar-refractivity contribution in [2.45, 2.75) is 38.3 Å². The van der Waals surface area contributed by atoms with Gasteiger partial charge in [0.25, 0.3) is 0 Å². The molecule has 0 amide bonds. The third kappa shape index (κ3) is 5.29. The van der Waals surface area contributed by atoms with E-state index >= 15 is 0 Å². The summed E-state index contributed by atoms with van der Waals surface area (Å²) in [5.74, 6) is 2.63. The van der Waals surface area contributed by atoms with Crippen LogP contribution in [-0.2, 0) is 6.54 Å². The van der Waals surface area contributed by atoms with E-state index in [0.29, 0.717) is 12.5 Å². The molecular formula is C21H27N3O3. The number of rotatable bonds is 7. The number of nitrogens with two attached hydrogens (primary N) is 1. The molecule has 1 aliphatic carbocycles. The number of hydrogen-bond acceptors (Lipinski definition) is 4. The molecule has 6 heteroatoms. The molecule has 1 aliphatic rings. The molecule has 1 saturated carbocycles. The van der Waals surface area contributed by atoms with Crippen molar-refractivity contribution in [3.63, 3.8) is 0 Å². The first-order chi connectivity index (χ1) is 13.2. The largest absolute Gasteiger partial charge is 0.497 e. The van der Waals surface area contributed by atoms with Gasteiger partial charge in [0, 0.05) is 11.8 Å². The van der Waals surface area contributed by atoms with Crippen LogP contribution in [0.2, 0.25) is 0 Å². The summed E-state index contributed by atoms with van der Waals surface area (Å²) in [6.45, 7) is 0.452. The van der Waals surface area contributed by atoms with Gasteiger partial charge in [-0.15, -0.1) is 0 Å². The molecule has 0 aliphatic heterocycles. The number of guanidine groups is 1. The van der Waals surface area contributed by atoms with Crippen LogP contribution in [-0.4, -0.2) is 26.3 Å². The van der Waals surface area contributed by atoms with Gasteiger partial charge in [-0.25, -0.2) is 4.99 Å². The van der Waals surface area contributed by atoms with Gasteiger partial charge < -0.3 is 25.3 Å². The maximum atomic E-state index is 6.13. The fourth-order valence-electron chi connectivity index (χ4n) is 3.16. The quantitative estimate of drug-likeness (QED) is 0.571. The number of nitrogens with one attached hydrogen (secondary N) is 1. The Morgan fingerprint density at radius 1 is 1.07 bits per heavy atom. The molecule has 0 atom stereocenters. The van der Waals surface area contributed by atoms with E-state index in [0.717, 1.165) is 41.3 Å². The summed E-state index contributed by atoms with van der Waals surface area (Å²) in [6, 6.07) is 13.4. The lowest BCUT2D eigenvalue weighted by atomic mass is 10.2. The number of anilines is 1. The zero-order chi connectivity index (χ0) is 19.1. The predicted octanol–water partition coefficient (Wildman–Crippen LogP) is 3.95. The van der Waals surface area contributed by atoms with E-state index < -0.39 is 0 Å². The van der Waals surface area contributed by atoms with Crippen LogP contribution >= 0.6 is 0 Å². The van der Waals surface area contributed by atoms with Crippen molar-refractivity contribution in [3.8, 4) is 17.2 Å². The van der Waals surface area contributed by atoms with Gasteiger partial charge in [-0.2, -0.15) is 0 Å². The summed E-state index contributed by atoms with van der Waals surface area (Å²) in [5.41, 5.74) is 7.86. The topological polar surface area (TPSA) is 78.1 Å². The molecule has 0 spiro atoms. The lowest BCUT2D eigenvalue weighted by molar-refractivity contribution is 0.200. The summed E-state index contributed by atoms with van der Waals surface area (Å²) in [5, 5.41) is 3.07. The van der Waals surface area contributed by atoms with E-state index in [1.165, 1.54) is 12.8 Å². The zero-order valence-corrected chi connectivity index (χ0v) is 15.9. The normalized spacial score (nSPS) is 14.8. The molecule has 0 aromatic heterocycles. The second-order valence-corrected chi connectivity index (χ2v) is 6.57. The SMILES string of the molecule is COc1cccc(NC(N)=NCc2ccc(OC)c(OC3CCCC3)c2)c1. The zero-order valence-electron chi connectivity index (χ0n) is 15.9. The first-order valence-electron chi connectivity index (χ1n) is 9.22. The Hall–Kier alpha value is -2.89. The van der Waals surface area contributed by atoms with Crippen molar-refractivity contribution in [2.75, 3.05) is 19.5 Å². The molecule has 0 bridgehead atoms. The number of ether oxygens (including phenoxy) is 3. The molecule has 0 unspecified atom stereocenters. The van der Waals surface area contributed by atoms with Gasteiger partial charge in [0.05, 0.1) is 26.9 Å². The van der Waals surface area contributed by atoms with Gasteiger partial charge in [0.2, 0.25) is 0 Å². The number of hydrogen-bond donors (Lipinski definition) is 2. The molecule has 6 nitrogen and oxygen atoms in total. The molecule has 0 radical (unpaired) electrons. The first-order valence-corrected chi connectivity index (χ1v) is 9.22. The number of aliphatic imine (C=N–C) groups is 1. The minimum Gasteiger partial charge on any atom is -0.497 e. The van der Waals surface area contributed by atoms with Gasteiger partial charge >= 0.3 is 0 Å². The number of nitrogens with zero attached hydrogens (tertiary/aromatic N) is 1. The molecule has 1 fully saturated rings. The fourth-order valence-corrected chi connectivity index (χ4v) is 3.16. The second-order valence-electron chi connectivity index (χ2n) is 6.57. The molecule has 3 rings (SSSR count). The summed E-state index contributed by atoms with van der Waals surface area (Å²) in [7, 11) is 3.29. The Morgan fingerprint density at radius 2 is 1.89 bits per heavy atom. The highest BCUT2D eigenvalue weighted by atomic mass is 16.5. The van der Waals surface area contributed by atoms with Crippen molar-refractivity contribution in [2.24, 2.45) is 10.7 Å². The highest BCUT2D eigenvalue weighted by Crippen LogP contribution is 2.32. The summed E-state index contributed by atoms with van der Waals surface area (Å²) in [4.78, 5) is 4.42. The highest BCUT2D eigenvalue weighted by molar-refractivity contribution is 5.92. The van der Waals surface area contributed by atoms with Crippen LogP contribution in [0, 0.1) is 0 Å². The maximum absolute atomic E-state index is 6.13. The van der Waals surface area contributed by atoms with E-state index in [9.17, 15) is 0 Å². The Labute approximate surface area is 160 Å². The third-order valence-electron chi connectivity index (χ3n) is 4.60. The Morgan fingerprint density at radius 3 is 2.63 bits per heavy atom. The van der Waals surface area contributed by atoms with Crippen molar-refractivity contribution in [1.29, 1.82) is 0 Å². The average Bonchev–Trinajstić information content (AvgIpc) is 3.20. The molecule has 0 saturated heterocycles. The average molecular weight is 369 g/mol. The lowest BCUT2D eigenvalue weighted by Crippen LogP contribution is -2.22. The van der Waals surface area contributed by atoms with E-state index in [2.05, 4.69) is 10.3 Å². The summed E-state index contributed by atoms with van der Waals surface area (Å²) >= 11 is 0. The highest BCUT2D eigenvalue weighted by Gasteiger charge is 2.18.